The second-order valence-electron chi connectivity index (χ2n) is 4.17. The lowest BCUT2D eigenvalue weighted by atomic mass is 10.2. The van der Waals surface area contributed by atoms with Gasteiger partial charge in [-0.05, 0) is 54.6 Å². The molecule has 0 aromatic heterocycles. The highest BCUT2D eigenvalue weighted by atomic mass is 127. The highest BCUT2D eigenvalue weighted by molar-refractivity contribution is 14.1. The Morgan fingerprint density at radius 2 is 2.11 bits per heavy atom. The Morgan fingerprint density at radius 1 is 1.47 bits per heavy atom. The molecule has 0 heterocycles. The van der Waals surface area contributed by atoms with Gasteiger partial charge in [-0.3, -0.25) is 9.59 Å². The fraction of sp³-hybridized carbons (Fsp3) is 0.385. The molecule has 0 fully saturated rings. The molecule has 0 aliphatic heterocycles. The van der Waals surface area contributed by atoms with Crippen LogP contribution in [0.3, 0.4) is 0 Å². The monoisotopic (exact) mass is 378 g/mol. The maximum absolute atomic E-state index is 13.0. The lowest BCUT2D eigenvalue weighted by Crippen LogP contribution is -2.45. The smallest absolute Gasteiger partial charge is 0.252 e. The highest BCUT2D eigenvalue weighted by Crippen LogP contribution is 2.14. The number of nitrogens with zero attached hydrogens (tertiary/aromatic N) is 1. The number of nitrogens with one attached hydrogen (secondary N) is 1. The fourth-order valence-corrected chi connectivity index (χ4v) is 2.22. The number of halogens is 2. The maximum Gasteiger partial charge on any atom is 0.252 e. The number of hydrogen-bond acceptors (Lipinski definition) is 2. The molecule has 1 atom stereocenters. The molecule has 2 amide bonds. The Hall–Kier alpha value is -1.18. The summed E-state index contributed by atoms with van der Waals surface area (Å²) in [7, 11) is 1.67. The van der Waals surface area contributed by atoms with Gasteiger partial charge < -0.3 is 10.2 Å². The number of carbonyl (C=O) groups is 2. The number of rotatable bonds is 4. The van der Waals surface area contributed by atoms with Gasteiger partial charge in [0.25, 0.3) is 5.91 Å². The summed E-state index contributed by atoms with van der Waals surface area (Å²) in [6.07, 6.45) is 0. The van der Waals surface area contributed by atoms with Gasteiger partial charge in [-0.2, -0.15) is 0 Å². The lowest BCUT2D eigenvalue weighted by molar-refractivity contribution is -0.131. The van der Waals surface area contributed by atoms with Crippen LogP contribution < -0.4 is 5.32 Å². The van der Waals surface area contributed by atoms with Crippen LogP contribution >= 0.6 is 22.6 Å². The van der Waals surface area contributed by atoms with Crippen molar-refractivity contribution in [1.82, 2.24) is 10.2 Å². The van der Waals surface area contributed by atoms with Crippen molar-refractivity contribution in [3.8, 4) is 0 Å². The van der Waals surface area contributed by atoms with Crippen LogP contribution in [0.1, 0.15) is 24.2 Å². The van der Waals surface area contributed by atoms with Gasteiger partial charge >= 0.3 is 0 Å². The summed E-state index contributed by atoms with van der Waals surface area (Å²) in [5, 5.41) is 2.61. The van der Waals surface area contributed by atoms with E-state index in [2.05, 4.69) is 5.32 Å². The summed E-state index contributed by atoms with van der Waals surface area (Å²) >= 11 is 1.89. The minimum absolute atomic E-state index is 0.159. The Kier molecular flexibility index (Phi) is 5.71. The summed E-state index contributed by atoms with van der Waals surface area (Å²) in [6, 6.07) is 3.30. The van der Waals surface area contributed by atoms with Crippen molar-refractivity contribution in [3.05, 3.63) is 33.1 Å². The molecule has 0 saturated heterocycles. The lowest BCUT2D eigenvalue weighted by Gasteiger charge is -2.20. The number of likely N-dealkylation sites (N-methyl/N-ethyl adjacent to an activating group) is 1. The Morgan fingerprint density at radius 3 is 2.63 bits per heavy atom. The molecule has 0 aliphatic rings. The van der Waals surface area contributed by atoms with Crippen LogP contribution in [-0.2, 0) is 4.79 Å². The van der Waals surface area contributed by atoms with Crippen LogP contribution in [0, 0.1) is 9.39 Å². The normalized spacial score (nSPS) is 11.8. The van der Waals surface area contributed by atoms with Crippen LogP contribution in [0.25, 0.3) is 0 Å². The van der Waals surface area contributed by atoms with Crippen LogP contribution in [-0.4, -0.2) is 36.3 Å². The molecule has 1 aromatic rings. The SMILES string of the molecule is CCN(C)C(=O)C(C)NC(=O)c1ccc(F)cc1I. The number of benzene rings is 1. The van der Waals surface area contributed by atoms with Crippen LogP contribution in [0.15, 0.2) is 18.2 Å². The van der Waals surface area contributed by atoms with Gasteiger partial charge in [0.1, 0.15) is 11.9 Å². The van der Waals surface area contributed by atoms with Gasteiger partial charge in [-0.1, -0.05) is 0 Å². The van der Waals surface area contributed by atoms with Crippen molar-refractivity contribution in [3.63, 3.8) is 0 Å². The number of amides is 2. The zero-order chi connectivity index (χ0) is 14.6. The molecule has 0 spiro atoms. The van der Waals surface area contributed by atoms with Crippen molar-refractivity contribution >= 4 is 34.4 Å². The van der Waals surface area contributed by atoms with Gasteiger partial charge in [0.05, 0.1) is 5.56 Å². The number of carbonyl (C=O) groups excluding carboxylic acids is 2. The zero-order valence-electron chi connectivity index (χ0n) is 11.0. The predicted molar refractivity (Wildman–Crippen MR) is 79.4 cm³/mol. The summed E-state index contributed by atoms with van der Waals surface area (Å²) in [6.45, 7) is 4.06. The molecule has 0 aliphatic carbocycles. The molecule has 0 radical (unpaired) electrons. The molecule has 104 valence electrons. The average Bonchev–Trinajstić information content (AvgIpc) is 2.36. The summed E-state index contributed by atoms with van der Waals surface area (Å²) in [5.74, 6) is -0.932. The molecule has 1 rings (SSSR count). The van der Waals surface area contributed by atoms with Crippen molar-refractivity contribution in [2.45, 2.75) is 19.9 Å². The summed E-state index contributed by atoms with van der Waals surface area (Å²) in [4.78, 5) is 25.4. The Bertz CT molecular complexity index is 494. The quantitative estimate of drug-likeness (QED) is 0.816. The van der Waals surface area contributed by atoms with Gasteiger partial charge in [0, 0.05) is 17.2 Å². The fourth-order valence-electron chi connectivity index (χ4n) is 1.50. The molecule has 19 heavy (non-hydrogen) atoms. The molecular weight excluding hydrogens is 362 g/mol. The molecule has 6 heteroatoms. The van der Waals surface area contributed by atoms with Crippen molar-refractivity contribution in [1.29, 1.82) is 0 Å². The van der Waals surface area contributed by atoms with E-state index in [9.17, 15) is 14.0 Å². The van der Waals surface area contributed by atoms with Gasteiger partial charge in [0.2, 0.25) is 5.91 Å². The third-order valence-corrected chi connectivity index (χ3v) is 3.64. The number of hydrogen-bond donors (Lipinski definition) is 1. The average molecular weight is 378 g/mol. The van der Waals surface area contributed by atoms with E-state index in [0.717, 1.165) is 0 Å². The van der Waals surface area contributed by atoms with Crippen molar-refractivity contribution in [2.24, 2.45) is 0 Å². The summed E-state index contributed by atoms with van der Waals surface area (Å²) < 4.78 is 13.5. The Labute approximate surface area is 125 Å². The van der Waals surface area contributed by atoms with E-state index in [1.54, 1.807) is 14.0 Å². The second kappa shape index (κ2) is 6.83. The van der Waals surface area contributed by atoms with Gasteiger partial charge in [0.15, 0.2) is 0 Å². The third-order valence-electron chi connectivity index (χ3n) is 2.74. The molecular formula is C13H16FIN2O2. The van der Waals surface area contributed by atoms with Gasteiger partial charge in [-0.15, -0.1) is 0 Å². The topological polar surface area (TPSA) is 49.4 Å². The minimum Gasteiger partial charge on any atom is -0.344 e. The highest BCUT2D eigenvalue weighted by Gasteiger charge is 2.20. The standard InChI is InChI=1S/C13H16FIN2O2/c1-4-17(3)13(19)8(2)16-12(18)10-6-5-9(14)7-11(10)15/h5-8H,4H2,1-3H3,(H,16,18). The first-order valence-corrected chi connectivity index (χ1v) is 6.95. The first-order valence-electron chi connectivity index (χ1n) is 5.87. The van der Waals surface area contributed by atoms with E-state index < -0.39 is 11.9 Å². The van der Waals surface area contributed by atoms with Crippen molar-refractivity contribution in [2.75, 3.05) is 13.6 Å². The molecule has 4 nitrogen and oxygen atoms in total. The van der Waals surface area contributed by atoms with Crippen LogP contribution in [0.4, 0.5) is 4.39 Å². The van der Waals surface area contributed by atoms with E-state index in [4.69, 9.17) is 0 Å². The molecule has 0 bridgehead atoms. The largest absolute Gasteiger partial charge is 0.344 e. The first kappa shape index (κ1) is 15.9. The predicted octanol–water partition coefficient (Wildman–Crippen LogP) is 2.03. The zero-order valence-corrected chi connectivity index (χ0v) is 13.2. The maximum atomic E-state index is 13.0. The van der Waals surface area contributed by atoms with E-state index in [0.29, 0.717) is 15.7 Å². The molecule has 1 unspecified atom stereocenters. The van der Waals surface area contributed by atoms with E-state index in [-0.39, 0.29) is 11.8 Å². The molecule has 1 aromatic carbocycles. The van der Waals surface area contributed by atoms with Crippen LogP contribution in [0.5, 0.6) is 0 Å². The molecule has 0 saturated carbocycles. The second-order valence-corrected chi connectivity index (χ2v) is 5.33. The van der Waals surface area contributed by atoms with Crippen LogP contribution in [0.2, 0.25) is 0 Å². The summed E-state index contributed by atoms with van der Waals surface area (Å²) in [5.41, 5.74) is 0.362. The van der Waals surface area contributed by atoms with E-state index >= 15 is 0 Å². The minimum atomic E-state index is -0.613. The Balaban J connectivity index is 2.77. The first-order chi connectivity index (χ1) is 8.86. The van der Waals surface area contributed by atoms with E-state index in [1.165, 1.54) is 23.1 Å². The van der Waals surface area contributed by atoms with Crippen molar-refractivity contribution < 1.29 is 14.0 Å². The molecule has 1 N–H and O–H groups in total. The van der Waals surface area contributed by atoms with Gasteiger partial charge in [-0.25, -0.2) is 4.39 Å². The third kappa shape index (κ3) is 4.15. The van der Waals surface area contributed by atoms with E-state index in [1.807, 2.05) is 29.5 Å².